The van der Waals surface area contributed by atoms with E-state index in [9.17, 15) is 4.79 Å². The fourth-order valence-corrected chi connectivity index (χ4v) is 4.03. The lowest BCUT2D eigenvalue weighted by atomic mass is 9.69. The van der Waals surface area contributed by atoms with Crippen LogP contribution in [0, 0.1) is 16.7 Å². The number of hydrogen-bond acceptors (Lipinski definition) is 1. The van der Waals surface area contributed by atoms with E-state index < -0.39 is 0 Å². The Kier molecular flexibility index (Phi) is 3.26. The van der Waals surface area contributed by atoms with E-state index in [-0.39, 0.29) is 5.91 Å². The van der Waals surface area contributed by atoms with Crippen LogP contribution < -0.4 is 5.32 Å². The molecule has 0 saturated heterocycles. The predicted octanol–water partition coefficient (Wildman–Crippen LogP) is 3.51. The number of fused-ring (bicyclic) bond motifs is 2. The summed E-state index contributed by atoms with van der Waals surface area (Å²) in [5, 5.41) is 3.30. The Labute approximate surface area is 106 Å². The summed E-state index contributed by atoms with van der Waals surface area (Å²) >= 11 is 0. The average Bonchev–Trinajstić information content (AvgIpc) is 2.59. The van der Waals surface area contributed by atoms with E-state index in [4.69, 9.17) is 0 Å². The topological polar surface area (TPSA) is 29.1 Å². The molecular formula is C15H27NO. The van der Waals surface area contributed by atoms with Gasteiger partial charge < -0.3 is 5.32 Å². The van der Waals surface area contributed by atoms with Crippen molar-refractivity contribution >= 4 is 5.91 Å². The monoisotopic (exact) mass is 237 g/mol. The first-order valence-electron chi connectivity index (χ1n) is 7.21. The average molecular weight is 237 g/mol. The van der Waals surface area contributed by atoms with Gasteiger partial charge in [-0.2, -0.15) is 0 Å². The van der Waals surface area contributed by atoms with Gasteiger partial charge >= 0.3 is 0 Å². The van der Waals surface area contributed by atoms with Gasteiger partial charge in [0.1, 0.15) is 0 Å². The third kappa shape index (κ3) is 1.90. The number of unbranched alkanes of at least 4 members (excludes halogenated alkanes) is 1. The number of carbonyl (C=O) groups excluding carboxylic acids is 1. The molecule has 0 spiro atoms. The van der Waals surface area contributed by atoms with Crippen LogP contribution in [0.4, 0.5) is 0 Å². The molecule has 0 aromatic heterocycles. The molecule has 1 N–H and O–H groups in total. The van der Waals surface area contributed by atoms with Gasteiger partial charge in [-0.1, -0.05) is 34.1 Å². The van der Waals surface area contributed by atoms with Crippen LogP contribution in [0.1, 0.15) is 66.2 Å². The summed E-state index contributed by atoms with van der Waals surface area (Å²) < 4.78 is 0. The van der Waals surface area contributed by atoms with Crippen molar-refractivity contribution in [1.29, 1.82) is 0 Å². The summed E-state index contributed by atoms with van der Waals surface area (Å²) in [5.74, 6) is 1.07. The summed E-state index contributed by atoms with van der Waals surface area (Å²) in [6.45, 7) is 9.30. The number of hydrogen-bond donors (Lipinski definition) is 1. The molecule has 98 valence electrons. The molecule has 2 bridgehead atoms. The lowest BCUT2D eigenvalue weighted by Crippen LogP contribution is -2.46. The van der Waals surface area contributed by atoms with Crippen molar-refractivity contribution in [3.05, 3.63) is 0 Å². The molecule has 2 aliphatic carbocycles. The summed E-state index contributed by atoms with van der Waals surface area (Å²) in [6.07, 6.45) is 6.65. The quantitative estimate of drug-likeness (QED) is 0.796. The van der Waals surface area contributed by atoms with Crippen LogP contribution in [0.25, 0.3) is 0 Å². The van der Waals surface area contributed by atoms with Crippen LogP contribution in [0.3, 0.4) is 0 Å². The van der Waals surface area contributed by atoms with Gasteiger partial charge in [-0.3, -0.25) is 4.79 Å². The molecule has 2 aliphatic rings. The molecule has 2 fully saturated rings. The molecular weight excluding hydrogens is 210 g/mol. The molecule has 1 amide bonds. The van der Waals surface area contributed by atoms with Crippen LogP contribution in [-0.4, -0.2) is 11.9 Å². The molecule has 0 heterocycles. The molecule has 2 rings (SSSR count). The molecule has 2 heteroatoms. The number of rotatable bonds is 4. The Hall–Kier alpha value is -0.530. The van der Waals surface area contributed by atoms with Gasteiger partial charge in [0, 0.05) is 12.5 Å². The highest BCUT2D eigenvalue weighted by Gasteiger charge is 2.61. The van der Waals surface area contributed by atoms with Crippen molar-refractivity contribution in [2.75, 3.05) is 0 Å². The van der Waals surface area contributed by atoms with Crippen LogP contribution in [0.15, 0.2) is 0 Å². The van der Waals surface area contributed by atoms with Crippen LogP contribution in [0.2, 0.25) is 0 Å². The van der Waals surface area contributed by atoms with E-state index >= 15 is 0 Å². The number of amides is 1. The highest BCUT2D eigenvalue weighted by molar-refractivity contribution is 5.76. The summed E-state index contributed by atoms with van der Waals surface area (Å²) in [4.78, 5) is 11.9. The van der Waals surface area contributed by atoms with E-state index in [1.54, 1.807) is 0 Å². The highest BCUT2D eigenvalue weighted by atomic mass is 16.1. The van der Waals surface area contributed by atoms with E-state index in [0.717, 1.165) is 18.8 Å². The van der Waals surface area contributed by atoms with Crippen molar-refractivity contribution in [2.24, 2.45) is 16.7 Å². The minimum absolute atomic E-state index is 0.265. The first-order chi connectivity index (χ1) is 7.91. The Morgan fingerprint density at radius 1 is 1.35 bits per heavy atom. The third-order valence-electron chi connectivity index (χ3n) is 5.89. The van der Waals surface area contributed by atoms with Crippen LogP contribution >= 0.6 is 0 Å². The van der Waals surface area contributed by atoms with Gasteiger partial charge in [-0.15, -0.1) is 0 Å². The summed E-state index contributed by atoms with van der Waals surface area (Å²) in [7, 11) is 0. The Balaban J connectivity index is 1.98. The molecule has 0 unspecified atom stereocenters. The summed E-state index contributed by atoms with van der Waals surface area (Å²) in [5.41, 5.74) is 0.718. The Morgan fingerprint density at radius 3 is 2.53 bits per heavy atom. The van der Waals surface area contributed by atoms with Crippen molar-refractivity contribution in [1.82, 2.24) is 5.32 Å². The Bertz CT molecular complexity index is 310. The van der Waals surface area contributed by atoms with Crippen molar-refractivity contribution in [3.63, 3.8) is 0 Å². The first-order valence-corrected chi connectivity index (χ1v) is 7.21. The second-order valence-corrected chi connectivity index (χ2v) is 6.83. The second-order valence-electron chi connectivity index (χ2n) is 6.83. The zero-order valence-corrected chi connectivity index (χ0v) is 11.8. The zero-order valence-electron chi connectivity index (χ0n) is 11.8. The standard InChI is InChI=1S/C15H27NO/c1-5-6-7-13(17)16-12-10-11-8-9-15(12,4)14(11,2)3/h11-12H,5-10H2,1-4H3,(H,16,17)/t11-,12+,15-/m0/s1. The molecule has 3 atom stereocenters. The fraction of sp³-hybridized carbons (Fsp3) is 0.933. The number of nitrogens with one attached hydrogen (secondary N) is 1. The molecule has 0 radical (unpaired) electrons. The minimum atomic E-state index is 0.265. The third-order valence-corrected chi connectivity index (χ3v) is 5.89. The fourth-order valence-electron chi connectivity index (χ4n) is 4.03. The van der Waals surface area contributed by atoms with E-state index in [1.165, 1.54) is 19.3 Å². The molecule has 0 aromatic carbocycles. The smallest absolute Gasteiger partial charge is 0.220 e. The minimum Gasteiger partial charge on any atom is -0.353 e. The number of carbonyl (C=O) groups is 1. The predicted molar refractivity (Wildman–Crippen MR) is 70.7 cm³/mol. The summed E-state index contributed by atoms with van der Waals surface area (Å²) in [6, 6.07) is 0.417. The molecule has 0 aromatic rings. The Morgan fingerprint density at radius 2 is 2.06 bits per heavy atom. The van der Waals surface area contributed by atoms with Gasteiger partial charge in [0.15, 0.2) is 0 Å². The molecule has 2 nitrogen and oxygen atoms in total. The van der Waals surface area contributed by atoms with Crippen molar-refractivity contribution < 1.29 is 4.79 Å². The van der Waals surface area contributed by atoms with E-state index in [0.29, 0.717) is 23.3 Å². The normalized spacial score (nSPS) is 38.4. The lowest BCUT2D eigenvalue weighted by Gasteiger charge is -2.39. The second kappa shape index (κ2) is 4.29. The molecule has 2 saturated carbocycles. The van der Waals surface area contributed by atoms with Gasteiger partial charge in [-0.05, 0) is 42.4 Å². The zero-order chi connectivity index (χ0) is 12.7. The van der Waals surface area contributed by atoms with E-state index in [1.807, 2.05) is 0 Å². The highest BCUT2D eigenvalue weighted by Crippen LogP contribution is 2.65. The lowest BCUT2D eigenvalue weighted by molar-refractivity contribution is -0.123. The van der Waals surface area contributed by atoms with E-state index in [2.05, 4.69) is 33.0 Å². The first kappa shape index (κ1) is 12.9. The van der Waals surface area contributed by atoms with Gasteiger partial charge in [0.25, 0.3) is 0 Å². The maximum atomic E-state index is 11.9. The maximum Gasteiger partial charge on any atom is 0.220 e. The van der Waals surface area contributed by atoms with Crippen molar-refractivity contribution in [3.8, 4) is 0 Å². The van der Waals surface area contributed by atoms with Gasteiger partial charge in [0.2, 0.25) is 5.91 Å². The van der Waals surface area contributed by atoms with Crippen LogP contribution in [0.5, 0.6) is 0 Å². The maximum absolute atomic E-state index is 11.9. The van der Waals surface area contributed by atoms with Gasteiger partial charge in [0.05, 0.1) is 0 Å². The molecule has 0 aliphatic heterocycles. The van der Waals surface area contributed by atoms with Crippen LogP contribution in [-0.2, 0) is 4.79 Å². The van der Waals surface area contributed by atoms with Crippen molar-refractivity contribution in [2.45, 2.75) is 72.3 Å². The molecule has 17 heavy (non-hydrogen) atoms. The largest absolute Gasteiger partial charge is 0.353 e. The SMILES string of the molecule is CCCCC(=O)N[C@@H]1C[C@@H]2CC[C@]1(C)C2(C)C. The van der Waals surface area contributed by atoms with Gasteiger partial charge in [-0.25, -0.2) is 0 Å².